The molecule has 1 amide bonds. The number of hydrogen-bond donors (Lipinski definition) is 0. The second kappa shape index (κ2) is 11.3. The Bertz CT molecular complexity index is 1170. The third kappa shape index (κ3) is 5.82. The van der Waals surface area contributed by atoms with Gasteiger partial charge in [-0.3, -0.25) is 9.78 Å². The van der Waals surface area contributed by atoms with Gasteiger partial charge in [-0.05, 0) is 57.0 Å². The Morgan fingerprint density at radius 1 is 1.17 bits per heavy atom. The molecule has 0 spiro atoms. The van der Waals surface area contributed by atoms with Crippen LogP contribution in [-0.4, -0.2) is 58.7 Å². The van der Waals surface area contributed by atoms with Crippen LogP contribution in [0.3, 0.4) is 0 Å². The first-order valence-corrected chi connectivity index (χ1v) is 12.2. The van der Waals surface area contributed by atoms with E-state index in [0.717, 1.165) is 38.0 Å². The molecule has 0 atom stereocenters. The molecule has 0 unspecified atom stereocenters. The molecule has 0 aliphatic carbocycles. The number of piperidine rings is 1. The molecule has 0 bridgehead atoms. The Kier molecular flexibility index (Phi) is 8.15. The van der Waals surface area contributed by atoms with Gasteiger partial charge >= 0.3 is 6.43 Å². The van der Waals surface area contributed by atoms with Crippen LogP contribution in [0.25, 0.3) is 11.5 Å². The highest BCUT2D eigenvalue weighted by atomic mass is 35.5. The zero-order valence-corrected chi connectivity index (χ0v) is 21.2. The molecule has 0 saturated carbocycles. The molecule has 1 aliphatic heterocycles. The lowest BCUT2D eigenvalue weighted by atomic mass is 10.0. The molecule has 1 fully saturated rings. The number of anilines is 2. The summed E-state index contributed by atoms with van der Waals surface area (Å²) < 4.78 is 30.4. The van der Waals surface area contributed by atoms with Crippen molar-refractivity contribution in [1.82, 2.24) is 20.1 Å². The first kappa shape index (κ1) is 26.0. The number of alkyl halides is 2. The molecule has 1 aliphatic rings. The van der Waals surface area contributed by atoms with E-state index in [1.54, 1.807) is 23.1 Å². The SMILES string of the molecule is CC(C)N1CCC(N(C)c2ccc(Cl)cc2N(C=O)Cc2ccc(-c3nnc(C(F)F)o3)cn2)CC1. The van der Waals surface area contributed by atoms with Crippen molar-refractivity contribution in [3.05, 3.63) is 53.1 Å². The summed E-state index contributed by atoms with van der Waals surface area (Å²) in [7, 11) is 2.05. The van der Waals surface area contributed by atoms with Gasteiger partial charge in [-0.15, -0.1) is 10.2 Å². The van der Waals surface area contributed by atoms with Crippen LogP contribution in [-0.2, 0) is 11.3 Å². The highest BCUT2D eigenvalue weighted by Crippen LogP contribution is 2.35. The van der Waals surface area contributed by atoms with Crippen molar-refractivity contribution in [3.63, 3.8) is 0 Å². The fourth-order valence-electron chi connectivity index (χ4n) is 4.45. The quantitative estimate of drug-likeness (QED) is 0.360. The smallest absolute Gasteiger partial charge is 0.314 e. The fraction of sp³-hybridized carbons (Fsp3) is 0.440. The van der Waals surface area contributed by atoms with Crippen LogP contribution in [0.2, 0.25) is 5.02 Å². The van der Waals surface area contributed by atoms with E-state index >= 15 is 0 Å². The van der Waals surface area contributed by atoms with Crippen molar-refractivity contribution in [2.45, 2.75) is 51.7 Å². The van der Waals surface area contributed by atoms with Crippen molar-refractivity contribution < 1.29 is 18.0 Å². The van der Waals surface area contributed by atoms with Crippen LogP contribution in [0, 0.1) is 0 Å². The molecule has 3 aromatic rings. The van der Waals surface area contributed by atoms with Gasteiger partial charge in [0.05, 0.1) is 29.2 Å². The molecule has 192 valence electrons. The number of aromatic nitrogens is 3. The predicted molar refractivity (Wildman–Crippen MR) is 134 cm³/mol. The number of rotatable bonds is 9. The Labute approximate surface area is 213 Å². The average Bonchev–Trinajstić information content (AvgIpc) is 3.38. The number of carbonyl (C=O) groups is 1. The Morgan fingerprint density at radius 2 is 1.92 bits per heavy atom. The minimum Gasteiger partial charge on any atom is -0.415 e. The lowest BCUT2D eigenvalue weighted by molar-refractivity contribution is -0.107. The monoisotopic (exact) mass is 518 g/mol. The summed E-state index contributed by atoms with van der Waals surface area (Å²) in [5.74, 6) is -0.785. The molecule has 2 aromatic heterocycles. The lowest BCUT2D eigenvalue weighted by Crippen LogP contribution is -2.46. The van der Waals surface area contributed by atoms with Gasteiger partial charge in [-0.25, -0.2) is 0 Å². The zero-order valence-electron chi connectivity index (χ0n) is 20.4. The van der Waals surface area contributed by atoms with E-state index in [2.05, 4.69) is 45.9 Å². The summed E-state index contributed by atoms with van der Waals surface area (Å²) in [5.41, 5.74) is 2.61. The number of halogens is 3. The number of likely N-dealkylation sites (tertiary alicyclic amines) is 1. The maximum atomic E-state index is 12.7. The second-order valence-electron chi connectivity index (χ2n) is 9.12. The molecule has 0 radical (unpaired) electrons. The molecular formula is C25H29ClF2N6O2. The maximum absolute atomic E-state index is 12.7. The van der Waals surface area contributed by atoms with Crippen molar-refractivity contribution in [1.29, 1.82) is 0 Å². The Morgan fingerprint density at radius 3 is 2.50 bits per heavy atom. The van der Waals surface area contributed by atoms with E-state index in [1.807, 2.05) is 12.1 Å². The van der Waals surface area contributed by atoms with Gasteiger partial charge in [0, 0.05) is 43.4 Å². The summed E-state index contributed by atoms with van der Waals surface area (Å²) in [5, 5.41) is 7.49. The molecular weight excluding hydrogens is 490 g/mol. The van der Waals surface area contributed by atoms with Gasteiger partial charge in [-0.1, -0.05) is 11.6 Å². The van der Waals surface area contributed by atoms with E-state index in [-0.39, 0.29) is 12.4 Å². The van der Waals surface area contributed by atoms with Gasteiger partial charge in [0.15, 0.2) is 0 Å². The number of hydrogen-bond acceptors (Lipinski definition) is 7. The summed E-state index contributed by atoms with van der Waals surface area (Å²) in [4.78, 5) is 22.8. The number of carbonyl (C=O) groups excluding carboxylic acids is 1. The van der Waals surface area contributed by atoms with Crippen LogP contribution in [0.1, 0.15) is 44.7 Å². The van der Waals surface area contributed by atoms with Crippen molar-refractivity contribution in [2.75, 3.05) is 29.9 Å². The summed E-state index contributed by atoms with van der Waals surface area (Å²) >= 11 is 6.32. The Balaban J connectivity index is 1.51. The summed E-state index contributed by atoms with van der Waals surface area (Å²) in [6, 6.07) is 9.75. The molecule has 1 aromatic carbocycles. The minimum atomic E-state index is -2.84. The van der Waals surface area contributed by atoms with Crippen molar-refractivity contribution >= 4 is 29.4 Å². The third-order valence-electron chi connectivity index (χ3n) is 6.56. The minimum absolute atomic E-state index is 0.0427. The van der Waals surface area contributed by atoms with E-state index in [4.69, 9.17) is 16.0 Å². The highest BCUT2D eigenvalue weighted by Gasteiger charge is 2.26. The molecule has 8 nitrogen and oxygen atoms in total. The van der Waals surface area contributed by atoms with Crippen LogP contribution >= 0.6 is 11.6 Å². The molecule has 11 heteroatoms. The topological polar surface area (TPSA) is 78.6 Å². The fourth-order valence-corrected chi connectivity index (χ4v) is 4.62. The number of benzene rings is 1. The van der Waals surface area contributed by atoms with Gasteiger partial charge in [-0.2, -0.15) is 8.78 Å². The Hall–Kier alpha value is -3.11. The first-order chi connectivity index (χ1) is 17.3. The predicted octanol–water partition coefficient (Wildman–Crippen LogP) is 5.19. The van der Waals surface area contributed by atoms with Crippen LogP contribution < -0.4 is 9.80 Å². The largest absolute Gasteiger partial charge is 0.415 e. The summed E-state index contributed by atoms with van der Waals surface area (Å²) in [6.45, 7) is 6.69. The maximum Gasteiger partial charge on any atom is 0.314 e. The number of nitrogens with zero attached hydrogens (tertiary/aromatic N) is 6. The third-order valence-corrected chi connectivity index (χ3v) is 6.80. The number of pyridine rings is 1. The van der Waals surface area contributed by atoms with Crippen LogP contribution in [0.15, 0.2) is 40.9 Å². The zero-order chi connectivity index (χ0) is 25.8. The van der Waals surface area contributed by atoms with E-state index in [9.17, 15) is 13.6 Å². The van der Waals surface area contributed by atoms with E-state index in [0.29, 0.717) is 34.1 Å². The van der Waals surface area contributed by atoms with Crippen LogP contribution in [0.5, 0.6) is 0 Å². The molecule has 36 heavy (non-hydrogen) atoms. The first-order valence-electron chi connectivity index (χ1n) is 11.8. The van der Waals surface area contributed by atoms with E-state index < -0.39 is 12.3 Å². The van der Waals surface area contributed by atoms with Gasteiger partial charge in [0.2, 0.25) is 12.3 Å². The highest BCUT2D eigenvalue weighted by molar-refractivity contribution is 6.31. The molecule has 0 N–H and O–H groups in total. The normalized spacial score (nSPS) is 15.0. The van der Waals surface area contributed by atoms with Gasteiger partial charge in [0.1, 0.15) is 0 Å². The second-order valence-corrected chi connectivity index (χ2v) is 9.56. The van der Waals surface area contributed by atoms with Crippen molar-refractivity contribution in [3.8, 4) is 11.5 Å². The molecule has 3 heterocycles. The van der Waals surface area contributed by atoms with E-state index in [1.165, 1.54) is 6.20 Å². The summed E-state index contributed by atoms with van der Waals surface area (Å²) in [6.07, 6.45) is 1.43. The lowest BCUT2D eigenvalue weighted by Gasteiger charge is -2.40. The van der Waals surface area contributed by atoms with Gasteiger partial charge < -0.3 is 19.1 Å². The number of amides is 1. The van der Waals surface area contributed by atoms with Crippen LogP contribution in [0.4, 0.5) is 20.2 Å². The van der Waals surface area contributed by atoms with Gasteiger partial charge in [0.25, 0.3) is 5.89 Å². The average molecular weight is 519 g/mol. The molecule has 4 rings (SSSR count). The standard InChI is InChI=1S/C25H29ClF2N6O2/c1-16(2)33-10-8-20(9-11-33)32(3)21-7-5-18(26)12-22(21)34(15-35)14-19-6-4-17(13-29-19)24-30-31-25(36-24)23(27)28/h4-7,12-13,15-16,20,23H,8-11,14H2,1-3H3. The molecule has 1 saturated heterocycles. The van der Waals surface area contributed by atoms with Crippen molar-refractivity contribution in [2.24, 2.45) is 0 Å².